The highest BCUT2D eigenvalue weighted by Crippen LogP contribution is 2.26. The number of nitrogens with zero attached hydrogens (tertiary/aromatic N) is 2. The van der Waals surface area contributed by atoms with Gasteiger partial charge in [0.15, 0.2) is 0 Å². The number of nitrogens with one attached hydrogen (secondary N) is 1. The number of ether oxygens (including phenoxy) is 1. The maximum absolute atomic E-state index is 5.82. The Balaban J connectivity index is 1.54. The summed E-state index contributed by atoms with van der Waals surface area (Å²) in [5.41, 5.74) is 2.10. The molecular weight excluding hydrogens is 250 g/mol. The van der Waals surface area contributed by atoms with Gasteiger partial charge in [-0.3, -0.25) is 0 Å². The van der Waals surface area contributed by atoms with Crippen molar-refractivity contribution in [2.24, 2.45) is 11.8 Å². The van der Waals surface area contributed by atoms with Crippen molar-refractivity contribution in [3.63, 3.8) is 0 Å². The predicted octanol–water partition coefficient (Wildman–Crippen LogP) is 2.49. The molecule has 1 saturated heterocycles. The number of hydrogen-bond donors (Lipinski definition) is 1. The normalized spacial score (nSPS) is 22.9. The van der Waals surface area contributed by atoms with E-state index in [2.05, 4.69) is 34.7 Å². The standard InChI is InChI=1S/C16H23N3O/c1-12(2)16-13(6-8-20-16)9-17-10-14-11-19-7-4-3-5-15(19)18-14/h3-5,7,11-13,16-17H,6,8-10H2,1-2H3/t13-,16-/m1/s1. The molecule has 0 spiro atoms. The van der Waals surface area contributed by atoms with Gasteiger partial charge in [0, 0.05) is 32.1 Å². The van der Waals surface area contributed by atoms with Gasteiger partial charge in [0.05, 0.1) is 11.8 Å². The molecule has 1 N–H and O–H groups in total. The molecule has 3 rings (SSSR count). The Morgan fingerprint density at radius 1 is 1.45 bits per heavy atom. The first-order valence-corrected chi connectivity index (χ1v) is 7.49. The fourth-order valence-corrected chi connectivity index (χ4v) is 3.07. The zero-order chi connectivity index (χ0) is 13.9. The van der Waals surface area contributed by atoms with Crippen LogP contribution in [0.1, 0.15) is 26.0 Å². The molecule has 0 aliphatic carbocycles. The first-order valence-electron chi connectivity index (χ1n) is 7.49. The summed E-state index contributed by atoms with van der Waals surface area (Å²) >= 11 is 0. The molecule has 2 aromatic heterocycles. The highest BCUT2D eigenvalue weighted by atomic mass is 16.5. The second kappa shape index (κ2) is 5.94. The molecule has 108 valence electrons. The number of aromatic nitrogens is 2. The SMILES string of the molecule is CC(C)[C@H]1OCC[C@@H]1CNCc1cn2ccccc2n1. The van der Waals surface area contributed by atoms with Crippen molar-refractivity contribution < 1.29 is 4.74 Å². The van der Waals surface area contributed by atoms with Gasteiger partial charge < -0.3 is 14.5 Å². The van der Waals surface area contributed by atoms with Gasteiger partial charge in [-0.05, 0) is 30.4 Å². The van der Waals surface area contributed by atoms with Crippen LogP contribution >= 0.6 is 0 Å². The van der Waals surface area contributed by atoms with Crippen LogP contribution in [0.2, 0.25) is 0 Å². The van der Waals surface area contributed by atoms with Crippen LogP contribution in [0.3, 0.4) is 0 Å². The van der Waals surface area contributed by atoms with E-state index in [1.165, 1.54) is 6.42 Å². The van der Waals surface area contributed by atoms with Crippen molar-refractivity contribution in [3.05, 3.63) is 36.3 Å². The minimum Gasteiger partial charge on any atom is -0.378 e. The lowest BCUT2D eigenvalue weighted by Crippen LogP contribution is -2.31. The summed E-state index contributed by atoms with van der Waals surface area (Å²) < 4.78 is 7.88. The molecule has 2 atom stereocenters. The lowest BCUT2D eigenvalue weighted by atomic mass is 9.93. The molecule has 0 unspecified atom stereocenters. The second-order valence-electron chi connectivity index (χ2n) is 5.96. The largest absolute Gasteiger partial charge is 0.378 e. The smallest absolute Gasteiger partial charge is 0.137 e. The zero-order valence-electron chi connectivity index (χ0n) is 12.2. The molecule has 0 bridgehead atoms. The Morgan fingerprint density at radius 2 is 2.35 bits per heavy atom. The summed E-state index contributed by atoms with van der Waals surface area (Å²) in [4.78, 5) is 4.60. The summed E-state index contributed by atoms with van der Waals surface area (Å²) in [7, 11) is 0. The quantitative estimate of drug-likeness (QED) is 0.909. The highest BCUT2D eigenvalue weighted by Gasteiger charge is 2.30. The van der Waals surface area contributed by atoms with E-state index in [0.717, 1.165) is 31.0 Å². The van der Waals surface area contributed by atoms with E-state index < -0.39 is 0 Å². The van der Waals surface area contributed by atoms with Crippen molar-refractivity contribution in [1.29, 1.82) is 0 Å². The molecule has 3 heterocycles. The van der Waals surface area contributed by atoms with Gasteiger partial charge in [-0.25, -0.2) is 4.98 Å². The van der Waals surface area contributed by atoms with Crippen molar-refractivity contribution in [2.45, 2.75) is 32.9 Å². The van der Waals surface area contributed by atoms with Crippen LogP contribution in [0.15, 0.2) is 30.6 Å². The van der Waals surface area contributed by atoms with Crippen LogP contribution < -0.4 is 5.32 Å². The van der Waals surface area contributed by atoms with E-state index in [0.29, 0.717) is 17.9 Å². The van der Waals surface area contributed by atoms with E-state index in [-0.39, 0.29) is 0 Å². The third kappa shape index (κ3) is 2.86. The average molecular weight is 273 g/mol. The van der Waals surface area contributed by atoms with E-state index in [4.69, 9.17) is 4.74 Å². The Morgan fingerprint density at radius 3 is 3.15 bits per heavy atom. The van der Waals surface area contributed by atoms with E-state index in [9.17, 15) is 0 Å². The Labute approximate surface area is 120 Å². The van der Waals surface area contributed by atoms with Crippen molar-refractivity contribution in [2.75, 3.05) is 13.2 Å². The summed E-state index contributed by atoms with van der Waals surface area (Å²) in [6.07, 6.45) is 5.70. The van der Waals surface area contributed by atoms with Gasteiger partial charge >= 0.3 is 0 Å². The molecule has 1 aliphatic rings. The topological polar surface area (TPSA) is 38.6 Å². The van der Waals surface area contributed by atoms with E-state index in [1.54, 1.807) is 0 Å². The molecule has 0 amide bonds. The zero-order valence-corrected chi connectivity index (χ0v) is 12.2. The van der Waals surface area contributed by atoms with Crippen LogP contribution in [0, 0.1) is 11.8 Å². The molecule has 0 radical (unpaired) electrons. The molecule has 20 heavy (non-hydrogen) atoms. The Hall–Kier alpha value is -1.39. The average Bonchev–Trinajstić information content (AvgIpc) is 3.04. The number of pyridine rings is 1. The van der Waals surface area contributed by atoms with Crippen LogP contribution in [-0.2, 0) is 11.3 Å². The minimum absolute atomic E-state index is 0.406. The maximum atomic E-state index is 5.82. The van der Waals surface area contributed by atoms with Gasteiger partial charge in [0.1, 0.15) is 5.65 Å². The summed E-state index contributed by atoms with van der Waals surface area (Å²) in [5.74, 6) is 1.23. The summed E-state index contributed by atoms with van der Waals surface area (Å²) in [6.45, 7) is 7.22. The van der Waals surface area contributed by atoms with Crippen molar-refractivity contribution >= 4 is 5.65 Å². The number of hydrogen-bond acceptors (Lipinski definition) is 3. The fraction of sp³-hybridized carbons (Fsp3) is 0.562. The lowest BCUT2D eigenvalue weighted by molar-refractivity contribution is 0.0539. The molecule has 1 aliphatic heterocycles. The molecule has 1 fully saturated rings. The van der Waals surface area contributed by atoms with Crippen LogP contribution in [-0.4, -0.2) is 28.6 Å². The monoisotopic (exact) mass is 273 g/mol. The third-order valence-corrected chi connectivity index (χ3v) is 4.05. The third-order valence-electron chi connectivity index (χ3n) is 4.05. The predicted molar refractivity (Wildman–Crippen MR) is 79.6 cm³/mol. The highest BCUT2D eigenvalue weighted by molar-refractivity contribution is 5.39. The molecular formula is C16H23N3O. The van der Waals surface area contributed by atoms with E-state index >= 15 is 0 Å². The first kappa shape index (κ1) is 13.6. The molecule has 0 aromatic carbocycles. The van der Waals surface area contributed by atoms with Crippen LogP contribution in [0.25, 0.3) is 5.65 Å². The number of rotatable bonds is 5. The van der Waals surface area contributed by atoms with Gasteiger partial charge in [0.2, 0.25) is 0 Å². The molecule has 4 heteroatoms. The minimum atomic E-state index is 0.406. The number of fused-ring (bicyclic) bond motifs is 1. The van der Waals surface area contributed by atoms with Gasteiger partial charge in [0.25, 0.3) is 0 Å². The lowest BCUT2D eigenvalue weighted by Gasteiger charge is -2.22. The molecule has 4 nitrogen and oxygen atoms in total. The van der Waals surface area contributed by atoms with Gasteiger partial charge in [-0.15, -0.1) is 0 Å². The van der Waals surface area contributed by atoms with Crippen LogP contribution in [0.4, 0.5) is 0 Å². The van der Waals surface area contributed by atoms with Crippen molar-refractivity contribution in [1.82, 2.24) is 14.7 Å². The Kier molecular flexibility index (Phi) is 4.03. The number of imidazole rings is 1. The van der Waals surface area contributed by atoms with Gasteiger partial charge in [-0.1, -0.05) is 19.9 Å². The maximum Gasteiger partial charge on any atom is 0.137 e. The molecule has 2 aromatic rings. The molecule has 0 saturated carbocycles. The summed E-state index contributed by atoms with van der Waals surface area (Å²) in [6, 6.07) is 6.07. The Bertz CT molecular complexity index is 531. The summed E-state index contributed by atoms with van der Waals surface area (Å²) in [5, 5.41) is 3.53. The second-order valence-corrected chi connectivity index (χ2v) is 5.96. The van der Waals surface area contributed by atoms with Crippen molar-refractivity contribution in [3.8, 4) is 0 Å². The van der Waals surface area contributed by atoms with Crippen LogP contribution in [0.5, 0.6) is 0 Å². The van der Waals surface area contributed by atoms with E-state index in [1.807, 2.05) is 24.4 Å². The van der Waals surface area contributed by atoms with Gasteiger partial charge in [-0.2, -0.15) is 0 Å². The first-order chi connectivity index (χ1) is 9.74. The fourth-order valence-electron chi connectivity index (χ4n) is 3.07.